The molecule has 0 saturated carbocycles. The molecule has 0 aliphatic carbocycles. The summed E-state index contributed by atoms with van der Waals surface area (Å²) in [5, 5.41) is 12.1. The third kappa shape index (κ3) is 2.61. The van der Waals surface area contributed by atoms with Crippen molar-refractivity contribution in [3.05, 3.63) is 28.2 Å². The molecule has 0 spiro atoms. The van der Waals surface area contributed by atoms with Gasteiger partial charge in [0.1, 0.15) is 0 Å². The molecule has 2 aromatic rings. The van der Waals surface area contributed by atoms with Gasteiger partial charge in [-0.05, 0) is 24.5 Å². The SMILES string of the molecule is CSc1nnc(Nc2ccc(Cl)cc2Cl)o1. The van der Waals surface area contributed by atoms with Crippen LogP contribution in [-0.2, 0) is 0 Å². The van der Waals surface area contributed by atoms with Crippen molar-refractivity contribution in [3.63, 3.8) is 0 Å². The molecule has 0 atom stereocenters. The Balaban J connectivity index is 2.20. The number of rotatable bonds is 3. The molecule has 0 saturated heterocycles. The fraction of sp³-hybridized carbons (Fsp3) is 0.111. The molecule has 0 unspecified atom stereocenters. The van der Waals surface area contributed by atoms with Gasteiger partial charge in [-0.3, -0.25) is 0 Å². The van der Waals surface area contributed by atoms with E-state index < -0.39 is 0 Å². The first-order valence-corrected chi connectivity index (χ1v) is 6.26. The number of thioether (sulfide) groups is 1. The second-order valence-electron chi connectivity index (χ2n) is 2.83. The molecule has 4 nitrogen and oxygen atoms in total. The topological polar surface area (TPSA) is 51.0 Å². The summed E-state index contributed by atoms with van der Waals surface area (Å²) in [6.07, 6.45) is 1.85. The molecule has 84 valence electrons. The van der Waals surface area contributed by atoms with Gasteiger partial charge in [0.25, 0.3) is 5.22 Å². The molecule has 7 heteroatoms. The van der Waals surface area contributed by atoms with E-state index in [2.05, 4.69) is 15.5 Å². The molecular formula is C9H7Cl2N3OS. The first-order chi connectivity index (χ1) is 7.69. The molecule has 16 heavy (non-hydrogen) atoms. The van der Waals surface area contributed by atoms with Crippen LogP contribution in [0.2, 0.25) is 10.0 Å². The van der Waals surface area contributed by atoms with Crippen LogP contribution in [-0.4, -0.2) is 16.5 Å². The maximum absolute atomic E-state index is 5.98. The number of nitrogens with zero attached hydrogens (tertiary/aromatic N) is 2. The Morgan fingerprint density at radius 2 is 2.12 bits per heavy atom. The Hall–Kier alpha value is -0.910. The van der Waals surface area contributed by atoms with E-state index >= 15 is 0 Å². The Morgan fingerprint density at radius 1 is 1.31 bits per heavy atom. The Labute approximate surface area is 106 Å². The number of hydrogen-bond donors (Lipinski definition) is 1. The minimum atomic E-state index is 0.300. The highest BCUT2D eigenvalue weighted by atomic mass is 35.5. The Kier molecular flexibility index (Phi) is 3.58. The Morgan fingerprint density at radius 3 is 2.75 bits per heavy atom. The van der Waals surface area contributed by atoms with Crippen LogP contribution in [0.1, 0.15) is 0 Å². The van der Waals surface area contributed by atoms with E-state index in [0.29, 0.717) is 27.0 Å². The molecule has 1 heterocycles. The van der Waals surface area contributed by atoms with Crippen LogP contribution in [0.3, 0.4) is 0 Å². The van der Waals surface area contributed by atoms with Gasteiger partial charge in [0, 0.05) is 5.02 Å². The first kappa shape index (κ1) is 11.6. The largest absolute Gasteiger partial charge is 0.398 e. The highest BCUT2D eigenvalue weighted by molar-refractivity contribution is 7.98. The van der Waals surface area contributed by atoms with Gasteiger partial charge < -0.3 is 9.73 Å². The van der Waals surface area contributed by atoms with Gasteiger partial charge in [-0.2, -0.15) is 0 Å². The average Bonchev–Trinajstić information content (AvgIpc) is 2.70. The fourth-order valence-corrected chi connectivity index (χ4v) is 1.79. The monoisotopic (exact) mass is 275 g/mol. The third-order valence-corrected chi connectivity index (χ3v) is 2.82. The maximum Gasteiger partial charge on any atom is 0.320 e. The summed E-state index contributed by atoms with van der Waals surface area (Å²) in [6, 6.07) is 5.40. The molecule has 0 aliphatic heterocycles. The lowest BCUT2D eigenvalue weighted by Gasteiger charge is -2.03. The highest BCUT2D eigenvalue weighted by Gasteiger charge is 2.07. The second kappa shape index (κ2) is 4.95. The van der Waals surface area contributed by atoms with E-state index in [9.17, 15) is 0 Å². The smallest absolute Gasteiger partial charge is 0.320 e. The van der Waals surface area contributed by atoms with Crippen molar-refractivity contribution in [2.24, 2.45) is 0 Å². The summed E-state index contributed by atoms with van der Waals surface area (Å²) in [4.78, 5) is 0. The highest BCUT2D eigenvalue weighted by Crippen LogP contribution is 2.28. The van der Waals surface area contributed by atoms with Crippen LogP contribution in [0.4, 0.5) is 11.7 Å². The van der Waals surface area contributed by atoms with E-state index in [0.717, 1.165) is 0 Å². The third-order valence-electron chi connectivity index (χ3n) is 1.75. The molecule has 0 bridgehead atoms. The van der Waals surface area contributed by atoms with E-state index in [-0.39, 0.29) is 0 Å². The van der Waals surface area contributed by atoms with Crippen LogP contribution >= 0.6 is 35.0 Å². The van der Waals surface area contributed by atoms with Crippen LogP contribution in [0.25, 0.3) is 0 Å². The summed E-state index contributed by atoms with van der Waals surface area (Å²) in [5.74, 6) is 0. The predicted molar refractivity (Wildman–Crippen MR) is 65.8 cm³/mol. The van der Waals surface area contributed by atoms with E-state index in [4.69, 9.17) is 27.6 Å². The van der Waals surface area contributed by atoms with Crippen molar-refractivity contribution in [1.82, 2.24) is 10.2 Å². The van der Waals surface area contributed by atoms with Crippen molar-refractivity contribution in [2.45, 2.75) is 5.22 Å². The summed E-state index contributed by atoms with van der Waals surface area (Å²) in [6.45, 7) is 0. The molecular weight excluding hydrogens is 269 g/mol. The lowest BCUT2D eigenvalue weighted by Crippen LogP contribution is -1.91. The lowest BCUT2D eigenvalue weighted by molar-refractivity contribution is 0.469. The Bertz CT molecular complexity index is 503. The maximum atomic E-state index is 5.98. The van der Waals surface area contributed by atoms with Crippen LogP contribution < -0.4 is 5.32 Å². The van der Waals surface area contributed by atoms with Crippen molar-refractivity contribution >= 4 is 46.7 Å². The molecule has 0 amide bonds. The lowest BCUT2D eigenvalue weighted by atomic mass is 10.3. The first-order valence-electron chi connectivity index (χ1n) is 4.28. The number of hydrogen-bond acceptors (Lipinski definition) is 5. The van der Waals surface area contributed by atoms with Crippen molar-refractivity contribution in [3.8, 4) is 0 Å². The number of nitrogens with one attached hydrogen (secondary N) is 1. The standard InChI is InChI=1S/C9H7Cl2N3OS/c1-16-9-14-13-8(15-9)12-7-3-2-5(10)4-6(7)11/h2-4H,1H3,(H,12,13). The van der Waals surface area contributed by atoms with E-state index in [1.807, 2.05) is 6.26 Å². The van der Waals surface area contributed by atoms with Gasteiger partial charge in [0.2, 0.25) is 0 Å². The van der Waals surface area contributed by atoms with Gasteiger partial charge in [-0.25, -0.2) is 0 Å². The fourth-order valence-electron chi connectivity index (χ4n) is 1.05. The number of benzene rings is 1. The summed E-state index contributed by atoms with van der Waals surface area (Å²) in [7, 11) is 0. The minimum absolute atomic E-state index is 0.300. The molecule has 0 fully saturated rings. The molecule has 1 aromatic carbocycles. The van der Waals surface area contributed by atoms with Crippen molar-refractivity contribution in [1.29, 1.82) is 0 Å². The number of anilines is 2. The summed E-state index contributed by atoms with van der Waals surface area (Å²) in [5.41, 5.74) is 0.669. The number of aromatic nitrogens is 2. The molecule has 0 radical (unpaired) electrons. The van der Waals surface area contributed by atoms with Crippen molar-refractivity contribution in [2.75, 3.05) is 11.6 Å². The minimum Gasteiger partial charge on any atom is -0.398 e. The van der Waals surface area contributed by atoms with E-state index in [1.54, 1.807) is 18.2 Å². The second-order valence-corrected chi connectivity index (χ2v) is 4.43. The molecule has 1 N–H and O–H groups in total. The zero-order valence-electron chi connectivity index (χ0n) is 8.20. The summed E-state index contributed by atoms with van der Waals surface area (Å²) >= 11 is 13.1. The predicted octanol–water partition coefficient (Wildman–Crippen LogP) is 3.84. The van der Waals surface area contributed by atoms with Crippen molar-refractivity contribution < 1.29 is 4.42 Å². The molecule has 2 rings (SSSR count). The average molecular weight is 276 g/mol. The van der Waals surface area contributed by atoms with Gasteiger partial charge in [-0.15, -0.1) is 0 Å². The van der Waals surface area contributed by atoms with Crippen LogP contribution in [0, 0.1) is 0 Å². The van der Waals surface area contributed by atoms with Crippen LogP contribution in [0.5, 0.6) is 0 Å². The number of halogens is 2. The van der Waals surface area contributed by atoms with Crippen LogP contribution in [0.15, 0.2) is 27.8 Å². The molecule has 0 aliphatic rings. The van der Waals surface area contributed by atoms with Gasteiger partial charge in [0.05, 0.1) is 10.7 Å². The zero-order valence-corrected chi connectivity index (χ0v) is 10.5. The molecule has 1 aromatic heterocycles. The van der Waals surface area contributed by atoms with Gasteiger partial charge >= 0.3 is 6.01 Å². The van der Waals surface area contributed by atoms with Gasteiger partial charge in [-0.1, -0.05) is 45.2 Å². The zero-order chi connectivity index (χ0) is 11.5. The van der Waals surface area contributed by atoms with E-state index in [1.165, 1.54) is 11.8 Å². The summed E-state index contributed by atoms with van der Waals surface area (Å²) < 4.78 is 5.26. The normalized spacial score (nSPS) is 10.4. The van der Waals surface area contributed by atoms with Gasteiger partial charge in [0.15, 0.2) is 0 Å². The quantitative estimate of drug-likeness (QED) is 0.863.